The van der Waals surface area contributed by atoms with Gasteiger partial charge in [-0.15, -0.1) is 0 Å². The van der Waals surface area contributed by atoms with Crippen molar-refractivity contribution in [3.8, 4) is 0 Å². The predicted octanol–water partition coefficient (Wildman–Crippen LogP) is 3.85. The van der Waals surface area contributed by atoms with Crippen LogP contribution < -0.4 is 4.72 Å². The molecule has 2 atom stereocenters. The van der Waals surface area contributed by atoms with Crippen LogP contribution in [0, 0.1) is 16.2 Å². The first-order valence-electron chi connectivity index (χ1n) is 7.99. The first-order valence-corrected chi connectivity index (χ1v) is 9.47. The summed E-state index contributed by atoms with van der Waals surface area (Å²) in [6, 6.07) is -1.20. The molecule has 25 heavy (non-hydrogen) atoms. The Labute approximate surface area is 148 Å². The van der Waals surface area contributed by atoms with Crippen molar-refractivity contribution < 1.29 is 31.1 Å². The van der Waals surface area contributed by atoms with Crippen molar-refractivity contribution in [3.63, 3.8) is 0 Å². The lowest BCUT2D eigenvalue weighted by molar-refractivity contribution is -0.165. The second-order valence-corrected chi connectivity index (χ2v) is 10.6. The number of carbonyl (C=O) groups excluding carboxylic acids is 1. The van der Waals surface area contributed by atoms with Crippen LogP contribution >= 0.6 is 0 Å². The van der Waals surface area contributed by atoms with Gasteiger partial charge in [-0.05, 0) is 31.1 Å². The summed E-state index contributed by atoms with van der Waals surface area (Å²) in [5.41, 5.74) is -6.91. The summed E-state index contributed by atoms with van der Waals surface area (Å²) >= 11 is 0. The first kappa shape index (κ1) is 24.2. The van der Waals surface area contributed by atoms with Crippen molar-refractivity contribution in [1.82, 2.24) is 4.72 Å². The molecule has 0 saturated carbocycles. The average molecular weight is 389 g/mol. The third-order valence-corrected chi connectivity index (χ3v) is 5.44. The lowest BCUT2D eigenvalue weighted by atomic mass is 9.61. The van der Waals surface area contributed by atoms with Gasteiger partial charge in [0.25, 0.3) is 0 Å². The van der Waals surface area contributed by atoms with Gasteiger partial charge in [-0.1, -0.05) is 41.5 Å². The average Bonchev–Trinajstić information content (AvgIpc) is 2.30. The quantitative estimate of drug-likeness (QED) is 0.701. The van der Waals surface area contributed by atoms with Crippen LogP contribution in [0.4, 0.5) is 13.2 Å². The SMILES string of the molecule is CC(COC(=O)C(C)(CC(C)(C)C)C(C)(C)C)NS(=O)(=O)C(F)(F)F. The number of sulfonamides is 1. The van der Waals surface area contributed by atoms with E-state index in [1.54, 1.807) is 6.92 Å². The monoisotopic (exact) mass is 389 g/mol. The molecule has 0 radical (unpaired) electrons. The number of hydrogen-bond donors (Lipinski definition) is 1. The highest BCUT2D eigenvalue weighted by atomic mass is 32.2. The smallest absolute Gasteiger partial charge is 0.464 e. The van der Waals surface area contributed by atoms with E-state index in [9.17, 15) is 26.4 Å². The number of ether oxygens (including phenoxy) is 1. The van der Waals surface area contributed by atoms with E-state index in [1.165, 1.54) is 11.6 Å². The maximum absolute atomic E-state index is 12.6. The Hall–Kier alpha value is -0.830. The highest BCUT2D eigenvalue weighted by molar-refractivity contribution is 7.90. The molecule has 5 nitrogen and oxygen atoms in total. The van der Waals surface area contributed by atoms with Crippen molar-refractivity contribution in [2.45, 2.75) is 73.4 Å². The van der Waals surface area contributed by atoms with E-state index in [0.717, 1.165) is 0 Å². The Bertz CT molecular complexity index is 574. The van der Waals surface area contributed by atoms with Crippen molar-refractivity contribution in [2.24, 2.45) is 16.2 Å². The van der Waals surface area contributed by atoms with Crippen LogP contribution in [0.2, 0.25) is 0 Å². The van der Waals surface area contributed by atoms with Crippen LogP contribution in [-0.2, 0) is 19.6 Å². The summed E-state index contributed by atoms with van der Waals surface area (Å²) < 4.78 is 65.9. The van der Waals surface area contributed by atoms with Crippen LogP contribution in [-0.4, -0.2) is 32.5 Å². The number of hydrogen-bond acceptors (Lipinski definition) is 4. The molecule has 0 bridgehead atoms. The Morgan fingerprint density at radius 1 is 1.04 bits per heavy atom. The molecule has 0 aliphatic rings. The third-order valence-electron chi connectivity index (χ3n) is 4.12. The minimum absolute atomic E-state index is 0.176. The first-order chi connectivity index (χ1) is 10.7. The fourth-order valence-corrected chi connectivity index (χ4v) is 3.16. The van der Waals surface area contributed by atoms with Crippen LogP contribution in [0.25, 0.3) is 0 Å². The number of nitrogens with one attached hydrogen (secondary N) is 1. The Kier molecular flexibility index (Phi) is 7.18. The van der Waals surface area contributed by atoms with Crippen LogP contribution in [0.3, 0.4) is 0 Å². The zero-order chi connectivity index (χ0) is 20.5. The maximum Gasteiger partial charge on any atom is 0.511 e. The van der Waals surface area contributed by atoms with E-state index >= 15 is 0 Å². The Morgan fingerprint density at radius 3 is 1.80 bits per heavy atom. The van der Waals surface area contributed by atoms with Gasteiger partial charge in [0.1, 0.15) is 6.61 Å². The molecule has 0 fully saturated rings. The van der Waals surface area contributed by atoms with E-state index in [0.29, 0.717) is 6.42 Å². The Balaban J connectivity index is 5.12. The topological polar surface area (TPSA) is 72.5 Å². The molecule has 0 aliphatic heterocycles. The third kappa shape index (κ3) is 6.77. The molecule has 1 N–H and O–H groups in total. The summed E-state index contributed by atoms with van der Waals surface area (Å²) in [6.45, 7) is 14.1. The van der Waals surface area contributed by atoms with Crippen molar-refractivity contribution >= 4 is 16.0 Å². The van der Waals surface area contributed by atoms with Crippen LogP contribution in [0.1, 0.15) is 61.8 Å². The fraction of sp³-hybridized carbons (Fsp3) is 0.938. The van der Waals surface area contributed by atoms with Gasteiger partial charge in [-0.2, -0.15) is 13.2 Å². The van der Waals surface area contributed by atoms with Crippen LogP contribution in [0.15, 0.2) is 0 Å². The summed E-state index contributed by atoms with van der Waals surface area (Å²) in [6.07, 6.45) is 0.505. The van der Waals surface area contributed by atoms with Gasteiger partial charge in [0.2, 0.25) is 0 Å². The van der Waals surface area contributed by atoms with Gasteiger partial charge >= 0.3 is 21.5 Å². The van der Waals surface area contributed by atoms with Crippen molar-refractivity contribution in [3.05, 3.63) is 0 Å². The number of rotatable bonds is 6. The number of carbonyl (C=O) groups is 1. The number of halogens is 3. The number of alkyl halides is 3. The summed E-state index contributed by atoms with van der Waals surface area (Å²) in [7, 11) is -5.48. The summed E-state index contributed by atoms with van der Waals surface area (Å²) in [5.74, 6) is -0.562. The second kappa shape index (κ2) is 7.42. The van der Waals surface area contributed by atoms with Gasteiger partial charge < -0.3 is 4.74 Å². The maximum atomic E-state index is 12.6. The van der Waals surface area contributed by atoms with Crippen molar-refractivity contribution in [2.75, 3.05) is 6.61 Å². The highest BCUT2D eigenvalue weighted by Crippen LogP contribution is 2.47. The molecule has 0 amide bonds. The van der Waals surface area contributed by atoms with Gasteiger partial charge in [-0.3, -0.25) is 4.79 Å². The molecule has 0 aromatic carbocycles. The standard InChI is InChI=1S/C16H30F3NO4S/c1-11(20-25(22,23)16(17,18)19)9-24-12(21)15(8,14(5,6)7)10-13(2,3)4/h11,20H,9-10H2,1-8H3. The zero-order valence-electron chi connectivity index (χ0n) is 16.2. The molecule has 0 aliphatic carbocycles. The second-order valence-electron chi connectivity index (χ2n) is 8.89. The summed E-state index contributed by atoms with van der Waals surface area (Å²) in [5, 5.41) is 0. The Morgan fingerprint density at radius 2 is 1.48 bits per heavy atom. The molecule has 0 spiro atoms. The van der Waals surface area contributed by atoms with Gasteiger partial charge in [0.15, 0.2) is 0 Å². The molecule has 9 heteroatoms. The largest absolute Gasteiger partial charge is 0.511 e. The molecular weight excluding hydrogens is 359 g/mol. The normalized spacial score (nSPS) is 17.7. The zero-order valence-corrected chi connectivity index (χ0v) is 17.0. The molecule has 0 rings (SSSR count). The van der Waals surface area contributed by atoms with E-state index in [4.69, 9.17) is 4.74 Å². The van der Waals surface area contributed by atoms with E-state index < -0.39 is 45.0 Å². The van der Waals surface area contributed by atoms with Crippen LogP contribution in [0.5, 0.6) is 0 Å². The molecule has 0 aromatic heterocycles. The molecule has 2 unspecified atom stereocenters. The van der Waals surface area contributed by atoms with E-state index in [2.05, 4.69) is 0 Å². The molecular formula is C16H30F3NO4S. The molecule has 0 saturated heterocycles. The number of esters is 1. The molecule has 150 valence electrons. The van der Waals surface area contributed by atoms with Gasteiger partial charge in [0.05, 0.1) is 11.5 Å². The lowest BCUT2D eigenvalue weighted by Gasteiger charge is -2.43. The highest BCUT2D eigenvalue weighted by Gasteiger charge is 2.49. The fourth-order valence-electron chi connectivity index (χ4n) is 2.43. The minimum Gasteiger partial charge on any atom is -0.464 e. The van der Waals surface area contributed by atoms with Gasteiger partial charge in [0, 0.05) is 0 Å². The lowest BCUT2D eigenvalue weighted by Crippen LogP contribution is -2.47. The molecule has 0 heterocycles. The predicted molar refractivity (Wildman–Crippen MR) is 90.2 cm³/mol. The minimum atomic E-state index is -5.48. The van der Waals surface area contributed by atoms with E-state index in [1.807, 2.05) is 41.5 Å². The van der Waals surface area contributed by atoms with Crippen molar-refractivity contribution in [1.29, 1.82) is 0 Å². The summed E-state index contributed by atoms with van der Waals surface area (Å²) in [4.78, 5) is 12.6. The molecule has 0 aromatic rings. The van der Waals surface area contributed by atoms with E-state index in [-0.39, 0.29) is 5.41 Å². The van der Waals surface area contributed by atoms with Gasteiger partial charge in [-0.25, -0.2) is 13.1 Å².